The zero-order valence-corrected chi connectivity index (χ0v) is 15.6. The first-order chi connectivity index (χ1) is 13.6. The Bertz CT molecular complexity index is 852. The highest BCUT2D eigenvalue weighted by atomic mass is 16.6. The van der Waals surface area contributed by atoms with Crippen LogP contribution < -0.4 is 24.3 Å². The number of para-hydroxylation sites is 2. The summed E-state index contributed by atoms with van der Waals surface area (Å²) in [5.74, 6) is 0.982. The molecule has 0 saturated heterocycles. The molecule has 0 bridgehead atoms. The van der Waals surface area contributed by atoms with Crippen LogP contribution in [0.2, 0.25) is 0 Å². The molecule has 0 fully saturated rings. The lowest BCUT2D eigenvalue weighted by Crippen LogP contribution is -2.42. The summed E-state index contributed by atoms with van der Waals surface area (Å²) >= 11 is 0. The largest absolute Gasteiger partial charge is 0.497 e. The van der Waals surface area contributed by atoms with Crippen molar-refractivity contribution < 1.29 is 33.3 Å². The van der Waals surface area contributed by atoms with E-state index in [-0.39, 0.29) is 18.2 Å². The van der Waals surface area contributed by atoms with E-state index in [4.69, 9.17) is 23.7 Å². The number of benzene rings is 2. The van der Waals surface area contributed by atoms with Gasteiger partial charge in [-0.15, -0.1) is 0 Å². The summed E-state index contributed by atoms with van der Waals surface area (Å²) in [5.41, 5.74) is 0.176. The van der Waals surface area contributed by atoms with Crippen LogP contribution in [0.1, 0.15) is 10.4 Å². The first kappa shape index (κ1) is 19.3. The van der Waals surface area contributed by atoms with Crippen LogP contribution in [0.4, 0.5) is 0 Å². The third kappa shape index (κ3) is 4.64. The maximum Gasteiger partial charge on any atom is 0.342 e. The van der Waals surface area contributed by atoms with Gasteiger partial charge in [0.1, 0.15) is 29.8 Å². The van der Waals surface area contributed by atoms with E-state index < -0.39 is 18.5 Å². The fourth-order valence-electron chi connectivity index (χ4n) is 2.62. The second-order valence-electron chi connectivity index (χ2n) is 5.94. The molecule has 148 valence electrons. The lowest BCUT2D eigenvalue weighted by molar-refractivity contribution is -0.124. The van der Waals surface area contributed by atoms with Gasteiger partial charge < -0.3 is 29.0 Å². The number of carbonyl (C=O) groups is 2. The highest BCUT2D eigenvalue weighted by Gasteiger charge is 2.22. The minimum atomic E-state index is -0.683. The smallest absolute Gasteiger partial charge is 0.342 e. The van der Waals surface area contributed by atoms with Crippen LogP contribution in [0, 0.1) is 0 Å². The summed E-state index contributed by atoms with van der Waals surface area (Å²) in [6, 6.07) is 12.1. The predicted molar refractivity (Wildman–Crippen MR) is 99.2 cm³/mol. The number of fused-ring (bicyclic) bond motifs is 1. The second kappa shape index (κ2) is 8.98. The number of hydrogen-bond donors (Lipinski definition) is 1. The summed E-state index contributed by atoms with van der Waals surface area (Å²) in [7, 11) is 2.93. The van der Waals surface area contributed by atoms with Crippen LogP contribution in [0.5, 0.6) is 23.0 Å². The quantitative estimate of drug-likeness (QED) is 0.725. The Morgan fingerprint density at radius 3 is 2.64 bits per heavy atom. The fraction of sp³-hybridized carbons (Fsp3) is 0.300. The van der Waals surface area contributed by atoms with Crippen LogP contribution >= 0.6 is 0 Å². The monoisotopic (exact) mass is 387 g/mol. The van der Waals surface area contributed by atoms with Crippen LogP contribution in [-0.4, -0.2) is 52.0 Å². The zero-order valence-electron chi connectivity index (χ0n) is 15.6. The van der Waals surface area contributed by atoms with Gasteiger partial charge in [0.05, 0.1) is 20.8 Å². The van der Waals surface area contributed by atoms with Gasteiger partial charge in [-0.1, -0.05) is 12.1 Å². The third-order valence-electron chi connectivity index (χ3n) is 4.06. The fourth-order valence-corrected chi connectivity index (χ4v) is 2.62. The molecule has 0 saturated carbocycles. The van der Waals surface area contributed by atoms with Crippen LogP contribution in [0.15, 0.2) is 42.5 Å². The molecule has 1 unspecified atom stereocenters. The highest BCUT2D eigenvalue weighted by Crippen LogP contribution is 2.30. The lowest BCUT2D eigenvalue weighted by atomic mass is 10.2. The maximum absolute atomic E-state index is 12.3. The number of methoxy groups -OCH3 is 2. The van der Waals surface area contributed by atoms with Crippen molar-refractivity contribution in [1.29, 1.82) is 0 Å². The number of rotatable bonds is 7. The molecule has 1 aliphatic heterocycles. The van der Waals surface area contributed by atoms with Crippen LogP contribution in [0.25, 0.3) is 0 Å². The molecule has 0 aromatic heterocycles. The summed E-state index contributed by atoms with van der Waals surface area (Å²) in [5, 5.41) is 2.66. The molecular formula is C20H21NO7. The van der Waals surface area contributed by atoms with Crippen LogP contribution in [-0.2, 0) is 9.53 Å². The molecule has 1 aliphatic rings. The standard InChI is InChI=1S/C20H21NO7/c1-24-13-7-8-16(25-2)15(9-13)20(23)27-12-19(22)21-10-14-11-26-17-5-3-4-6-18(17)28-14/h3-9,14H,10-12H2,1-2H3,(H,21,22). The number of amides is 1. The number of hydrogen-bond acceptors (Lipinski definition) is 7. The van der Waals surface area contributed by atoms with E-state index in [1.165, 1.54) is 20.3 Å². The molecule has 8 heteroatoms. The van der Waals surface area contributed by atoms with Gasteiger partial charge in [-0.3, -0.25) is 4.79 Å². The summed E-state index contributed by atoms with van der Waals surface area (Å²) < 4.78 is 26.6. The van der Waals surface area contributed by atoms with E-state index in [1.807, 2.05) is 18.2 Å². The van der Waals surface area contributed by atoms with E-state index in [1.54, 1.807) is 18.2 Å². The van der Waals surface area contributed by atoms with Crippen molar-refractivity contribution in [3.63, 3.8) is 0 Å². The van der Waals surface area contributed by atoms with Gasteiger partial charge >= 0.3 is 5.97 Å². The van der Waals surface area contributed by atoms with Crippen molar-refractivity contribution in [3.05, 3.63) is 48.0 Å². The molecule has 0 spiro atoms. The van der Waals surface area contributed by atoms with E-state index in [2.05, 4.69) is 5.32 Å². The van der Waals surface area contributed by atoms with Gasteiger partial charge in [0.15, 0.2) is 18.1 Å². The van der Waals surface area contributed by atoms with Gasteiger partial charge in [0.25, 0.3) is 5.91 Å². The average Bonchev–Trinajstić information content (AvgIpc) is 2.75. The Labute approximate surface area is 162 Å². The van der Waals surface area contributed by atoms with Gasteiger partial charge in [0, 0.05) is 0 Å². The van der Waals surface area contributed by atoms with Gasteiger partial charge in [-0.05, 0) is 30.3 Å². The Balaban J connectivity index is 1.48. The Morgan fingerprint density at radius 1 is 1.11 bits per heavy atom. The zero-order chi connectivity index (χ0) is 19.9. The molecule has 3 rings (SSSR count). The van der Waals surface area contributed by atoms with E-state index >= 15 is 0 Å². The molecule has 0 radical (unpaired) electrons. The van der Waals surface area contributed by atoms with Crippen molar-refractivity contribution in [1.82, 2.24) is 5.32 Å². The predicted octanol–water partition coefficient (Wildman–Crippen LogP) is 1.82. The van der Waals surface area contributed by atoms with E-state index in [9.17, 15) is 9.59 Å². The summed E-state index contributed by atoms with van der Waals surface area (Å²) in [4.78, 5) is 24.3. The normalized spacial score (nSPS) is 14.7. The molecule has 1 heterocycles. The van der Waals surface area contributed by atoms with Crippen molar-refractivity contribution >= 4 is 11.9 Å². The molecule has 2 aromatic carbocycles. The molecule has 8 nitrogen and oxygen atoms in total. The van der Waals surface area contributed by atoms with E-state index in [0.29, 0.717) is 29.6 Å². The molecule has 1 atom stereocenters. The SMILES string of the molecule is COc1ccc(OC)c(C(=O)OCC(=O)NCC2COc3ccccc3O2)c1. The minimum absolute atomic E-state index is 0.176. The summed E-state index contributed by atoms with van der Waals surface area (Å²) in [6.07, 6.45) is -0.326. The Morgan fingerprint density at radius 2 is 1.89 bits per heavy atom. The van der Waals surface area contributed by atoms with Gasteiger partial charge in [0.2, 0.25) is 0 Å². The van der Waals surface area contributed by atoms with Gasteiger partial charge in [-0.25, -0.2) is 4.79 Å². The third-order valence-corrected chi connectivity index (χ3v) is 4.06. The van der Waals surface area contributed by atoms with Gasteiger partial charge in [-0.2, -0.15) is 0 Å². The lowest BCUT2D eigenvalue weighted by Gasteiger charge is -2.26. The molecule has 1 N–H and O–H groups in total. The topological polar surface area (TPSA) is 92.3 Å². The van der Waals surface area contributed by atoms with Crippen LogP contribution in [0.3, 0.4) is 0 Å². The number of nitrogens with one attached hydrogen (secondary N) is 1. The molecule has 28 heavy (non-hydrogen) atoms. The van der Waals surface area contributed by atoms with Crippen molar-refractivity contribution in [2.24, 2.45) is 0 Å². The van der Waals surface area contributed by atoms with Crippen molar-refractivity contribution in [2.75, 3.05) is 34.0 Å². The number of carbonyl (C=O) groups excluding carboxylic acids is 2. The first-order valence-corrected chi connectivity index (χ1v) is 8.65. The molecular weight excluding hydrogens is 366 g/mol. The Hall–Kier alpha value is -3.42. The minimum Gasteiger partial charge on any atom is -0.497 e. The first-order valence-electron chi connectivity index (χ1n) is 8.65. The average molecular weight is 387 g/mol. The second-order valence-corrected chi connectivity index (χ2v) is 5.94. The maximum atomic E-state index is 12.3. The summed E-state index contributed by atoms with van der Waals surface area (Å²) in [6.45, 7) is 0.120. The number of ether oxygens (including phenoxy) is 5. The Kier molecular flexibility index (Phi) is 6.21. The number of esters is 1. The molecule has 2 aromatic rings. The molecule has 1 amide bonds. The van der Waals surface area contributed by atoms with Crippen molar-refractivity contribution in [3.8, 4) is 23.0 Å². The van der Waals surface area contributed by atoms with E-state index in [0.717, 1.165) is 0 Å². The molecule has 0 aliphatic carbocycles. The van der Waals surface area contributed by atoms with Crippen molar-refractivity contribution in [2.45, 2.75) is 6.10 Å². The highest BCUT2D eigenvalue weighted by molar-refractivity contribution is 5.94.